The predicted octanol–water partition coefficient (Wildman–Crippen LogP) is 1.53. The fraction of sp³-hybridized carbons (Fsp3) is 0.600. The molecule has 0 N–H and O–H groups in total. The largest absolute Gasteiger partial charge is 0.246 e. The molecule has 1 aromatic rings. The van der Waals surface area contributed by atoms with E-state index in [9.17, 15) is 8.42 Å². The molecule has 0 spiro atoms. The predicted molar refractivity (Wildman–Crippen MR) is 58.5 cm³/mol. The minimum atomic E-state index is -3.28. The van der Waals surface area contributed by atoms with Gasteiger partial charge < -0.3 is 0 Å². The molecule has 1 heterocycles. The van der Waals surface area contributed by atoms with E-state index < -0.39 is 9.84 Å². The number of unbranched alkanes of at least 4 members (excludes halogenated alkanes) is 1. The van der Waals surface area contributed by atoms with E-state index in [4.69, 9.17) is 0 Å². The average Bonchev–Trinajstić information content (AvgIpc) is 2.14. The Labute approximate surface area is 90.7 Å². The van der Waals surface area contributed by atoms with Crippen molar-refractivity contribution in [1.29, 1.82) is 0 Å². The molecule has 0 radical (unpaired) electrons. The molecule has 4 nitrogen and oxygen atoms in total. The van der Waals surface area contributed by atoms with Gasteiger partial charge in [0.1, 0.15) is 0 Å². The third-order valence-corrected chi connectivity index (χ3v) is 3.05. The monoisotopic (exact) mass is 228 g/mol. The Morgan fingerprint density at radius 3 is 2.53 bits per heavy atom. The Bertz CT molecular complexity index is 441. The third kappa shape index (κ3) is 3.27. The Hall–Kier alpha value is -0.970. The number of nitrogens with zero attached hydrogens (tertiary/aromatic N) is 2. The lowest BCUT2D eigenvalue weighted by Crippen LogP contribution is -2.07. The van der Waals surface area contributed by atoms with Gasteiger partial charge in [-0.3, -0.25) is 0 Å². The highest BCUT2D eigenvalue weighted by Gasteiger charge is 2.12. The smallest absolute Gasteiger partial charge is 0.227 e. The van der Waals surface area contributed by atoms with E-state index in [2.05, 4.69) is 16.9 Å². The molecule has 0 unspecified atom stereocenters. The number of rotatable bonds is 4. The van der Waals surface area contributed by atoms with E-state index in [1.54, 1.807) is 6.20 Å². The number of sulfone groups is 1. The van der Waals surface area contributed by atoms with Crippen LogP contribution in [0.25, 0.3) is 0 Å². The van der Waals surface area contributed by atoms with Crippen LogP contribution in [0.15, 0.2) is 11.4 Å². The lowest BCUT2D eigenvalue weighted by molar-refractivity contribution is 0.591. The summed E-state index contributed by atoms with van der Waals surface area (Å²) < 4.78 is 22.4. The highest BCUT2D eigenvalue weighted by atomic mass is 32.2. The Morgan fingerprint density at radius 2 is 2.07 bits per heavy atom. The van der Waals surface area contributed by atoms with Gasteiger partial charge in [-0.2, -0.15) is 0 Å². The first-order chi connectivity index (χ1) is 6.95. The molecule has 0 saturated heterocycles. The molecular formula is C10H16N2O2S. The first-order valence-corrected chi connectivity index (χ1v) is 6.87. The fourth-order valence-electron chi connectivity index (χ4n) is 1.26. The molecular weight excluding hydrogens is 212 g/mol. The summed E-state index contributed by atoms with van der Waals surface area (Å²) in [5.41, 5.74) is 1.79. The van der Waals surface area contributed by atoms with E-state index in [1.165, 1.54) is 0 Å². The van der Waals surface area contributed by atoms with Crippen molar-refractivity contribution in [2.24, 2.45) is 0 Å². The number of aromatic nitrogens is 2. The maximum absolute atomic E-state index is 11.2. The van der Waals surface area contributed by atoms with Crippen molar-refractivity contribution in [3.05, 3.63) is 17.5 Å². The van der Waals surface area contributed by atoms with Gasteiger partial charge in [0.15, 0.2) is 0 Å². The Morgan fingerprint density at radius 1 is 1.40 bits per heavy atom. The standard InChI is InChI=1S/C10H16N2O2S/c1-4-5-6-9-7-11-10(12-8(9)2)15(3,13)14/h7H,4-6H2,1-3H3. The van der Waals surface area contributed by atoms with Gasteiger partial charge in [0.2, 0.25) is 15.0 Å². The second-order valence-corrected chi connectivity index (χ2v) is 5.55. The molecule has 0 fully saturated rings. The molecule has 84 valence electrons. The van der Waals surface area contributed by atoms with Crippen LogP contribution in [-0.4, -0.2) is 24.6 Å². The van der Waals surface area contributed by atoms with Gasteiger partial charge in [0.05, 0.1) is 0 Å². The molecule has 0 atom stereocenters. The van der Waals surface area contributed by atoms with Crippen LogP contribution in [0.1, 0.15) is 31.0 Å². The number of hydrogen-bond acceptors (Lipinski definition) is 4. The van der Waals surface area contributed by atoms with Crippen molar-refractivity contribution in [1.82, 2.24) is 9.97 Å². The van der Waals surface area contributed by atoms with Gasteiger partial charge in [0, 0.05) is 18.1 Å². The van der Waals surface area contributed by atoms with Gasteiger partial charge >= 0.3 is 0 Å². The van der Waals surface area contributed by atoms with Crippen molar-refractivity contribution < 1.29 is 8.42 Å². The van der Waals surface area contributed by atoms with E-state index in [-0.39, 0.29) is 5.16 Å². The molecule has 5 heteroatoms. The summed E-state index contributed by atoms with van der Waals surface area (Å²) in [4.78, 5) is 7.86. The molecule has 0 bridgehead atoms. The lowest BCUT2D eigenvalue weighted by Gasteiger charge is -2.04. The SMILES string of the molecule is CCCCc1cnc(S(C)(=O)=O)nc1C. The van der Waals surface area contributed by atoms with Gasteiger partial charge in [-0.05, 0) is 25.3 Å². The van der Waals surface area contributed by atoms with Crippen LogP contribution in [0.4, 0.5) is 0 Å². The van der Waals surface area contributed by atoms with Gasteiger partial charge in [-0.1, -0.05) is 13.3 Å². The van der Waals surface area contributed by atoms with E-state index in [1.807, 2.05) is 6.92 Å². The van der Waals surface area contributed by atoms with E-state index in [0.717, 1.165) is 36.8 Å². The summed E-state index contributed by atoms with van der Waals surface area (Å²) in [6.07, 6.45) is 5.82. The van der Waals surface area contributed by atoms with Crippen molar-refractivity contribution in [3.8, 4) is 0 Å². The lowest BCUT2D eigenvalue weighted by atomic mass is 10.1. The summed E-state index contributed by atoms with van der Waals surface area (Å²) in [7, 11) is -3.28. The van der Waals surface area contributed by atoms with Crippen molar-refractivity contribution in [2.75, 3.05) is 6.26 Å². The summed E-state index contributed by atoms with van der Waals surface area (Å²) in [6, 6.07) is 0. The fourth-order valence-corrected chi connectivity index (χ4v) is 1.81. The highest BCUT2D eigenvalue weighted by Crippen LogP contribution is 2.10. The Balaban J connectivity index is 2.99. The second-order valence-electron chi connectivity index (χ2n) is 3.64. The number of hydrogen-bond donors (Lipinski definition) is 0. The third-order valence-electron chi connectivity index (χ3n) is 2.19. The van der Waals surface area contributed by atoms with Gasteiger partial charge in [0.25, 0.3) is 0 Å². The molecule has 1 aromatic heterocycles. The zero-order valence-electron chi connectivity index (χ0n) is 9.32. The molecule has 0 aliphatic carbocycles. The van der Waals surface area contributed by atoms with Gasteiger partial charge in [-0.25, -0.2) is 18.4 Å². The summed E-state index contributed by atoms with van der Waals surface area (Å²) in [6.45, 7) is 3.93. The zero-order valence-corrected chi connectivity index (χ0v) is 10.1. The minimum Gasteiger partial charge on any atom is -0.227 e. The van der Waals surface area contributed by atoms with E-state index >= 15 is 0 Å². The Kier molecular flexibility index (Phi) is 3.79. The van der Waals surface area contributed by atoms with Crippen LogP contribution in [0.2, 0.25) is 0 Å². The van der Waals surface area contributed by atoms with Crippen LogP contribution in [0.3, 0.4) is 0 Å². The average molecular weight is 228 g/mol. The molecule has 0 saturated carbocycles. The maximum Gasteiger partial charge on any atom is 0.246 e. The number of aryl methyl sites for hydroxylation is 2. The van der Waals surface area contributed by atoms with Crippen LogP contribution < -0.4 is 0 Å². The molecule has 0 aliphatic heterocycles. The van der Waals surface area contributed by atoms with Gasteiger partial charge in [-0.15, -0.1) is 0 Å². The summed E-state index contributed by atoms with van der Waals surface area (Å²) in [5.74, 6) is 0. The molecule has 15 heavy (non-hydrogen) atoms. The van der Waals surface area contributed by atoms with Crippen LogP contribution in [0, 0.1) is 6.92 Å². The molecule has 0 aliphatic rings. The van der Waals surface area contributed by atoms with Crippen molar-refractivity contribution >= 4 is 9.84 Å². The summed E-state index contributed by atoms with van der Waals surface area (Å²) in [5, 5.41) is -0.0831. The van der Waals surface area contributed by atoms with Crippen molar-refractivity contribution in [2.45, 2.75) is 38.3 Å². The van der Waals surface area contributed by atoms with Crippen LogP contribution in [-0.2, 0) is 16.3 Å². The molecule has 1 rings (SSSR count). The quantitative estimate of drug-likeness (QED) is 0.733. The molecule has 0 aromatic carbocycles. The first-order valence-electron chi connectivity index (χ1n) is 4.97. The molecule has 0 amide bonds. The summed E-state index contributed by atoms with van der Waals surface area (Å²) >= 11 is 0. The van der Waals surface area contributed by atoms with E-state index in [0.29, 0.717) is 0 Å². The second kappa shape index (κ2) is 4.70. The topological polar surface area (TPSA) is 59.9 Å². The zero-order chi connectivity index (χ0) is 11.5. The van der Waals surface area contributed by atoms with Crippen LogP contribution >= 0.6 is 0 Å². The minimum absolute atomic E-state index is 0.0831. The first kappa shape index (κ1) is 12.1. The van der Waals surface area contributed by atoms with Crippen LogP contribution in [0.5, 0.6) is 0 Å². The van der Waals surface area contributed by atoms with Crippen molar-refractivity contribution in [3.63, 3.8) is 0 Å². The normalized spacial score (nSPS) is 11.7. The highest BCUT2D eigenvalue weighted by molar-refractivity contribution is 7.90. The maximum atomic E-state index is 11.2.